The number of benzene rings is 1. The van der Waals surface area contributed by atoms with Crippen LogP contribution in [0, 0.1) is 13.8 Å². The van der Waals surface area contributed by atoms with E-state index < -0.39 is 0 Å². The Labute approximate surface area is 132 Å². The maximum Gasteiger partial charge on any atom is 0.122 e. The topological polar surface area (TPSA) is 47.3 Å². The van der Waals surface area contributed by atoms with Crippen LogP contribution >= 0.6 is 27.3 Å². The van der Waals surface area contributed by atoms with E-state index in [0.29, 0.717) is 0 Å². The Morgan fingerprint density at radius 3 is 2.65 bits per heavy atom. The van der Waals surface area contributed by atoms with Gasteiger partial charge in [-0.05, 0) is 59.5 Å². The molecule has 0 saturated carbocycles. The lowest BCUT2D eigenvalue weighted by Crippen LogP contribution is -2.29. The first-order valence-corrected chi connectivity index (χ1v) is 8.01. The van der Waals surface area contributed by atoms with Crippen molar-refractivity contribution < 1.29 is 4.74 Å². The average molecular weight is 355 g/mol. The Kier molecular flexibility index (Phi) is 5.21. The van der Waals surface area contributed by atoms with Crippen molar-refractivity contribution in [3.05, 3.63) is 49.6 Å². The first-order chi connectivity index (χ1) is 9.55. The number of hydrazine groups is 1. The predicted octanol–water partition coefficient (Wildman–Crippen LogP) is 3.88. The summed E-state index contributed by atoms with van der Waals surface area (Å²) in [7, 11) is 1.70. The predicted molar refractivity (Wildman–Crippen MR) is 88.3 cm³/mol. The first kappa shape index (κ1) is 15.5. The van der Waals surface area contributed by atoms with Crippen LogP contribution in [0.2, 0.25) is 0 Å². The van der Waals surface area contributed by atoms with Crippen molar-refractivity contribution in [1.82, 2.24) is 5.43 Å². The van der Waals surface area contributed by atoms with E-state index in [2.05, 4.69) is 53.4 Å². The minimum Gasteiger partial charge on any atom is -0.496 e. The third-order valence-electron chi connectivity index (χ3n) is 3.28. The Bertz CT molecular complexity index is 578. The van der Waals surface area contributed by atoms with E-state index >= 15 is 0 Å². The zero-order valence-electron chi connectivity index (χ0n) is 11.9. The molecule has 1 aromatic carbocycles. The molecule has 2 aromatic rings. The van der Waals surface area contributed by atoms with Crippen LogP contribution in [0.4, 0.5) is 0 Å². The third kappa shape index (κ3) is 3.41. The minimum atomic E-state index is 0.0840. The smallest absolute Gasteiger partial charge is 0.122 e. The van der Waals surface area contributed by atoms with E-state index in [0.717, 1.165) is 21.5 Å². The Balaban J connectivity index is 2.28. The second kappa shape index (κ2) is 6.72. The van der Waals surface area contributed by atoms with Gasteiger partial charge in [0.15, 0.2) is 0 Å². The number of aryl methyl sites for hydroxylation is 2. The van der Waals surface area contributed by atoms with Gasteiger partial charge in [0.25, 0.3) is 0 Å². The van der Waals surface area contributed by atoms with Gasteiger partial charge in [-0.25, -0.2) is 0 Å². The van der Waals surface area contributed by atoms with Crippen LogP contribution in [-0.4, -0.2) is 7.11 Å². The molecule has 0 amide bonds. The summed E-state index contributed by atoms with van der Waals surface area (Å²) < 4.78 is 6.59. The van der Waals surface area contributed by atoms with Gasteiger partial charge in [0.05, 0.1) is 16.9 Å². The summed E-state index contributed by atoms with van der Waals surface area (Å²) >= 11 is 5.28. The molecule has 1 atom stereocenters. The lowest BCUT2D eigenvalue weighted by Gasteiger charge is -2.17. The van der Waals surface area contributed by atoms with E-state index in [1.54, 1.807) is 18.4 Å². The number of nitrogens with two attached hydrogens (primary N) is 1. The molecule has 108 valence electrons. The van der Waals surface area contributed by atoms with Crippen LogP contribution in [0.25, 0.3) is 0 Å². The molecule has 2 rings (SSSR count). The Morgan fingerprint density at radius 2 is 2.10 bits per heavy atom. The summed E-state index contributed by atoms with van der Waals surface area (Å²) in [5.41, 5.74) is 6.54. The van der Waals surface area contributed by atoms with Crippen LogP contribution in [0.15, 0.2) is 28.1 Å². The molecule has 1 heterocycles. The summed E-state index contributed by atoms with van der Waals surface area (Å²) in [5, 5.41) is 0. The number of methoxy groups -OCH3 is 1. The fourth-order valence-corrected chi connectivity index (χ4v) is 3.82. The zero-order chi connectivity index (χ0) is 14.7. The van der Waals surface area contributed by atoms with Crippen LogP contribution in [0.1, 0.15) is 27.6 Å². The van der Waals surface area contributed by atoms with Crippen molar-refractivity contribution >= 4 is 27.3 Å². The first-order valence-electron chi connectivity index (χ1n) is 6.40. The van der Waals surface area contributed by atoms with E-state index in [1.807, 2.05) is 6.07 Å². The van der Waals surface area contributed by atoms with Gasteiger partial charge in [0.1, 0.15) is 5.75 Å². The molecule has 1 unspecified atom stereocenters. The van der Waals surface area contributed by atoms with Gasteiger partial charge in [-0.15, -0.1) is 11.3 Å². The van der Waals surface area contributed by atoms with Crippen molar-refractivity contribution in [2.45, 2.75) is 26.3 Å². The SMILES string of the molecule is COc1ccc(C)cc1CC(NN)c1cc(C)c(Br)s1. The van der Waals surface area contributed by atoms with Crippen LogP contribution in [0.5, 0.6) is 5.75 Å². The zero-order valence-corrected chi connectivity index (χ0v) is 14.3. The number of ether oxygens (including phenoxy) is 1. The van der Waals surface area contributed by atoms with Crippen LogP contribution in [0.3, 0.4) is 0 Å². The molecule has 0 radical (unpaired) electrons. The molecule has 0 bridgehead atoms. The minimum absolute atomic E-state index is 0.0840. The standard InChI is InChI=1S/C15H19BrN2OS/c1-9-4-5-13(19-3)11(6-9)8-12(18-17)14-7-10(2)15(16)20-14/h4-7,12,18H,8,17H2,1-3H3. The van der Waals surface area contributed by atoms with Gasteiger partial charge in [-0.1, -0.05) is 17.7 Å². The highest BCUT2D eigenvalue weighted by Gasteiger charge is 2.17. The summed E-state index contributed by atoms with van der Waals surface area (Å²) in [6.45, 7) is 4.17. The highest BCUT2D eigenvalue weighted by molar-refractivity contribution is 9.11. The molecule has 0 aliphatic carbocycles. The van der Waals surface area contributed by atoms with Crippen molar-refractivity contribution in [1.29, 1.82) is 0 Å². The van der Waals surface area contributed by atoms with Gasteiger partial charge in [0, 0.05) is 4.88 Å². The van der Waals surface area contributed by atoms with E-state index in [9.17, 15) is 0 Å². The number of hydrogen-bond acceptors (Lipinski definition) is 4. The van der Waals surface area contributed by atoms with E-state index in [4.69, 9.17) is 10.6 Å². The summed E-state index contributed by atoms with van der Waals surface area (Å²) in [4.78, 5) is 1.22. The highest BCUT2D eigenvalue weighted by atomic mass is 79.9. The molecule has 0 spiro atoms. The van der Waals surface area contributed by atoms with Gasteiger partial charge in [0.2, 0.25) is 0 Å². The van der Waals surface area contributed by atoms with Crippen LogP contribution < -0.4 is 16.0 Å². The lowest BCUT2D eigenvalue weighted by molar-refractivity contribution is 0.406. The molecule has 0 aliphatic heterocycles. The molecule has 0 fully saturated rings. The average Bonchev–Trinajstić information content (AvgIpc) is 2.76. The van der Waals surface area contributed by atoms with Gasteiger partial charge in [-0.3, -0.25) is 11.3 Å². The molecular formula is C15H19BrN2OS. The molecule has 1 aromatic heterocycles. The molecule has 0 saturated heterocycles. The fraction of sp³-hybridized carbons (Fsp3) is 0.333. The van der Waals surface area contributed by atoms with E-state index in [1.165, 1.54) is 16.0 Å². The highest BCUT2D eigenvalue weighted by Crippen LogP contribution is 2.34. The molecule has 3 nitrogen and oxygen atoms in total. The van der Waals surface area contributed by atoms with Gasteiger partial charge in [-0.2, -0.15) is 0 Å². The molecule has 0 aliphatic rings. The monoisotopic (exact) mass is 354 g/mol. The number of thiophene rings is 1. The summed E-state index contributed by atoms with van der Waals surface area (Å²) in [6, 6.07) is 8.47. The van der Waals surface area contributed by atoms with E-state index in [-0.39, 0.29) is 6.04 Å². The largest absolute Gasteiger partial charge is 0.496 e. The van der Waals surface area contributed by atoms with Crippen molar-refractivity contribution in [2.75, 3.05) is 7.11 Å². The third-order valence-corrected chi connectivity index (χ3v) is 5.53. The van der Waals surface area contributed by atoms with Gasteiger partial charge < -0.3 is 4.74 Å². The quantitative estimate of drug-likeness (QED) is 0.632. The summed E-state index contributed by atoms with van der Waals surface area (Å²) in [6.07, 6.45) is 0.799. The number of halogens is 1. The fourth-order valence-electron chi connectivity index (χ4n) is 2.18. The van der Waals surface area contributed by atoms with Crippen LogP contribution in [-0.2, 0) is 6.42 Å². The normalized spacial score (nSPS) is 12.4. The maximum absolute atomic E-state index is 5.74. The lowest BCUT2D eigenvalue weighted by atomic mass is 10.0. The second-order valence-electron chi connectivity index (χ2n) is 4.84. The Morgan fingerprint density at radius 1 is 1.35 bits per heavy atom. The van der Waals surface area contributed by atoms with Crippen molar-refractivity contribution in [3.63, 3.8) is 0 Å². The molecular weight excluding hydrogens is 336 g/mol. The molecule has 20 heavy (non-hydrogen) atoms. The number of rotatable bonds is 5. The van der Waals surface area contributed by atoms with Crippen molar-refractivity contribution in [3.8, 4) is 5.75 Å². The Hall–Kier alpha value is -0.880. The number of nitrogens with one attached hydrogen (secondary N) is 1. The molecule has 3 N–H and O–H groups in total. The molecule has 5 heteroatoms. The summed E-state index contributed by atoms with van der Waals surface area (Å²) in [5.74, 6) is 6.65. The van der Waals surface area contributed by atoms with Crippen molar-refractivity contribution in [2.24, 2.45) is 5.84 Å². The number of hydrogen-bond donors (Lipinski definition) is 2. The maximum atomic E-state index is 5.74. The van der Waals surface area contributed by atoms with Gasteiger partial charge >= 0.3 is 0 Å². The second-order valence-corrected chi connectivity index (χ2v) is 7.25.